The Balaban J connectivity index is 1.75. The highest BCUT2D eigenvalue weighted by atomic mass is 32.2. The summed E-state index contributed by atoms with van der Waals surface area (Å²) in [7, 11) is 1.88. The first-order chi connectivity index (χ1) is 9.03. The number of fused-ring (bicyclic) bond motifs is 1. The van der Waals surface area contributed by atoms with E-state index < -0.39 is 0 Å². The van der Waals surface area contributed by atoms with E-state index in [2.05, 4.69) is 12.2 Å². The Morgan fingerprint density at radius 2 is 2.37 bits per heavy atom. The Morgan fingerprint density at radius 3 is 3.05 bits per heavy atom. The maximum absolute atomic E-state index is 12.7. The second kappa shape index (κ2) is 4.66. The van der Waals surface area contributed by atoms with Crippen LogP contribution in [0.2, 0.25) is 0 Å². The van der Waals surface area contributed by atoms with Gasteiger partial charge in [-0.1, -0.05) is 0 Å². The van der Waals surface area contributed by atoms with Crippen molar-refractivity contribution in [3.05, 3.63) is 0 Å². The van der Waals surface area contributed by atoms with Crippen molar-refractivity contribution in [3.63, 3.8) is 0 Å². The number of carbonyl (C=O) groups excluding carboxylic acids is 2. The fraction of sp³-hybridized carbons (Fsp3) is 0.846. The van der Waals surface area contributed by atoms with Crippen LogP contribution >= 0.6 is 11.8 Å². The number of rotatable bonds is 2. The summed E-state index contributed by atoms with van der Waals surface area (Å²) < 4.78 is 0. The quantitative estimate of drug-likeness (QED) is 0.790. The van der Waals surface area contributed by atoms with E-state index in [1.807, 2.05) is 16.8 Å². The predicted molar refractivity (Wildman–Crippen MR) is 74.8 cm³/mol. The van der Waals surface area contributed by atoms with E-state index in [4.69, 9.17) is 0 Å². The molecule has 0 aromatic carbocycles. The van der Waals surface area contributed by atoms with Crippen LogP contribution in [0.4, 0.5) is 0 Å². The molecular formula is C13H21N3O2S. The predicted octanol–water partition coefficient (Wildman–Crippen LogP) is 0.261. The molecule has 3 atom stereocenters. The van der Waals surface area contributed by atoms with Crippen LogP contribution in [-0.2, 0) is 9.59 Å². The Morgan fingerprint density at radius 1 is 1.58 bits per heavy atom. The standard InChI is InChI=1S/C13H21N3O2S/c1-13-5-3-11(17)16(13)10(8-19-13)12(18)15(2)9-4-6-14-7-9/h9-10,14H,3-8H2,1-2H3. The molecule has 0 aromatic rings. The molecule has 3 heterocycles. The molecule has 3 fully saturated rings. The number of nitrogens with one attached hydrogen (secondary N) is 1. The molecule has 0 aliphatic carbocycles. The molecule has 3 unspecified atom stereocenters. The average Bonchev–Trinajstić information content (AvgIpc) is 3.06. The van der Waals surface area contributed by atoms with Crippen molar-refractivity contribution in [2.24, 2.45) is 0 Å². The smallest absolute Gasteiger partial charge is 0.246 e. The molecule has 106 valence electrons. The minimum atomic E-state index is -0.254. The molecule has 1 N–H and O–H groups in total. The summed E-state index contributed by atoms with van der Waals surface area (Å²) in [6.45, 7) is 3.93. The summed E-state index contributed by atoms with van der Waals surface area (Å²) in [4.78, 5) is 28.3. The number of carbonyl (C=O) groups is 2. The van der Waals surface area contributed by atoms with Crippen molar-refractivity contribution in [3.8, 4) is 0 Å². The average molecular weight is 283 g/mol. The van der Waals surface area contributed by atoms with Gasteiger partial charge in [0.1, 0.15) is 6.04 Å². The minimum absolute atomic E-state index is 0.111. The lowest BCUT2D eigenvalue weighted by molar-refractivity contribution is -0.144. The van der Waals surface area contributed by atoms with Gasteiger partial charge in [0.15, 0.2) is 0 Å². The van der Waals surface area contributed by atoms with E-state index >= 15 is 0 Å². The third-order valence-electron chi connectivity index (χ3n) is 4.66. The molecule has 19 heavy (non-hydrogen) atoms. The van der Waals surface area contributed by atoms with Crippen molar-refractivity contribution in [1.29, 1.82) is 0 Å². The summed E-state index contributed by atoms with van der Waals surface area (Å²) in [5.74, 6) is 0.995. The maximum Gasteiger partial charge on any atom is 0.246 e. The summed E-state index contributed by atoms with van der Waals surface area (Å²) in [5.41, 5.74) is 0. The molecule has 0 aromatic heterocycles. The van der Waals surface area contributed by atoms with Gasteiger partial charge in [-0.25, -0.2) is 0 Å². The molecule has 2 amide bonds. The fourth-order valence-electron chi connectivity index (χ4n) is 3.39. The zero-order valence-electron chi connectivity index (χ0n) is 11.5. The van der Waals surface area contributed by atoms with E-state index in [1.54, 1.807) is 11.8 Å². The van der Waals surface area contributed by atoms with Crippen LogP contribution < -0.4 is 5.32 Å². The van der Waals surface area contributed by atoms with E-state index in [-0.39, 0.29) is 28.8 Å². The van der Waals surface area contributed by atoms with Crippen molar-refractivity contribution in [1.82, 2.24) is 15.1 Å². The van der Waals surface area contributed by atoms with Gasteiger partial charge in [0.2, 0.25) is 11.8 Å². The van der Waals surface area contributed by atoms with Crippen LogP contribution in [0.1, 0.15) is 26.2 Å². The number of hydrogen-bond donors (Lipinski definition) is 1. The summed E-state index contributed by atoms with van der Waals surface area (Å²) >= 11 is 1.76. The number of hydrogen-bond acceptors (Lipinski definition) is 4. The molecule has 3 saturated heterocycles. The van der Waals surface area contributed by atoms with Crippen molar-refractivity contribution >= 4 is 23.6 Å². The van der Waals surface area contributed by atoms with Gasteiger partial charge >= 0.3 is 0 Å². The van der Waals surface area contributed by atoms with Crippen LogP contribution in [-0.4, -0.2) is 64.5 Å². The Labute approximate surface area is 118 Å². The Kier molecular flexibility index (Phi) is 3.25. The third kappa shape index (κ3) is 2.05. The molecule has 6 heteroatoms. The second-order valence-electron chi connectivity index (χ2n) is 5.86. The van der Waals surface area contributed by atoms with Gasteiger partial charge in [-0.2, -0.15) is 0 Å². The van der Waals surface area contributed by atoms with Crippen molar-refractivity contribution < 1.29 is 9.59 Å². The molecule has 3 aliphatic rings. The second-order valence-corrected chi connectivity index (χ2v) is 7.36. The molecule has 0 saturated carbocycles. The van der Waals surface area contributed by atoms with Gasteiger partial charge in [-0.05, 0) is 26.3 Å². The highest BCUT2D eigenvalue weighted by molar-refractivity contribution is 8.01. The molecule has 0 spiro atoms. The lowest BCUT2D eigenvalue weighted by atomic mass is 10.1. The van der Waals surface area contributed by atoms with Gasteiger partial charge in [-0.15, -0.1) is 11.8 Å². The SMILES string of the molecule is CN(C(=O)C1CSC2(C)CCC(=O)N12)C1CCNC1. The number of nitrogens with zero attached hydrogens (tertiary/aromatic N) is 2. The lowest BCUT2D eigenvalue weighted by Crippen LogP contribution is -2.52. The van der Waals surface area contributed by atoms with Gasteiger partial charge in [-0.3, -0.25) is 9.59 Å². The molecular weight excluding hydrogens is 262 g/mol. The molecule has 5 nitrogen and oxygen atoms in total. The zero-order chi connectivity index (χ0) is 13.6. The van der Waals surface area contributed by atoms with Crippen LogP contribution in [0.3, 0.4) is 0 Å². The van der Waals surface area contributed by atoms with Crippen LogP contribution in [0, 0.1) is 0 Å². The van der Waals surface area contributed by atoms with E-state index in [1.165, 1.54) is 0 Å². The third-order valence-corrected chi connectivity index (χ3v) is 6.16. The van der Waals surface area contributed by atoms with Crippen LogP contribution in [0.15, 0.2) is 0 Å². The summed E-state index contributed by atoms with van der Waals surface area (Å²) in [5, 5.41) is 3.28. The minimum Gasteiger partial charge on any atom is -0.340 e. The van der Waals surface area contributed by atoms with E-state index in [0.29, 0.717) is 6.42 Å². The van der Waals surface area contributed by atoms with Gasteiger partial charge in [0.25, 0.3) is 0 Å². The first-order valence-corrected chi connectivity index (χ1v) is 7.95. The summed E-state index contributed by atoms with van der Waals surface area (Å²) in [6.07, 6.45) is 2.46. The van der Waals surface area contributed by atoms with E-state index in [9.17, 15) is 9.59 Å². The topological polar surface area (TPSA) is 52.7 Å². The van der Waals surface area contributed by atoms with Crippen LogP contribution in [0.25, 0.3) is 0 Å². The number of amides is 2. The molecule has 3 rings (SSSR count). The molecule has 3 aliphatic heterocycles. The highest BCUT2D eigenvalue weighted by Crippen LogP contribution is 2.47. The summed E-state index contributed by atoms with van der Waals surface area (Å²) in [6, 6.07) is 0.0256. The highest BCUT2D eigenvalue weighted by Gasteiger charge is 2.53. The van der Waals surface area contributed by atoms with Crippen LogP contribution in [0.5, 0.6) is 0 Å². The first kappa shape index (κ1) is 13.2. The number of likely N-dealkylation sites (N-methyl/N-ethyl adjacent to an activating group) is 1. The Hall–Kier alpha value is -0.750. The van der Waals surface area contributed by atoms with E-state index in [0.717, 1.165) is 31.7 Å². The van der Waals surface area contributed by atoms with Gasteiger partial charge < -0.3 is 15.1 Å². The van der Waals surface area contributed by atoms with Gasteiger partial charge in [0, 0.05) is 31.8 Å². The zero-order valence-corrected chi connectivity index (χ0v) is 12.3. The first-order valence-electron chi connectivity index (χ1n) is 6.96. The molecule has 0 radical (unpaired) electrons. The maximum atomic E-state index is 12.7. The monoisotopic (exact) mass is 283 g/mol. The molecule has 0 bridgehead atoms. The van der Waals surface area contributed by atoms with Gasteiger partial charge in [0.05, 0.1) is 4.87 Å². The van der Waals surface area contributed by atoms with Crippen molar-refractivity contribution in [2.75, 3.05) is 25.9 Å². The normalized spacial score (nSPS) is 37.8. The lowest BCUT2D eigenvalue weighted by Gasteiger charge is -2.33. The number of thioether (sulfide) groups is 1. The fourth-order valence-corrected chi connectivity index (χ4v) is 4.81. The largest absolute Gasteiger partial charge is 0.340 e. The van der Waals surface area contributed by atoms with Crippen molar-refractivity contribution in [2.45, 2.75) is 43.1 Å². The Bertz CT molecular complexity index is 411.